The summed E-state index contributed by atoms with van der Waals surface area (Å²) in [6, 6.07) is 4.62. The van der Waals surface area contributed by atoms with Crippen LogP contribution >= 0.6 is 0 Å². The molecule has 1 N–H and O–H groups in total. The summed E-state index contributed by atoms with van der Waals surface area (Å²) in [5, 5.41) is 0. The van der Waals surface area contributed by atoms with Gasteiger partial charge in [-0.2, -0.15) is 5.48 Å². The summed E-state index contributed by atoms with van der Waals surface area (Å²) in [6.45, 7) is 2.31. The first-order valence-corrected chi connectivity index (χ1v) is 4.28. The normalized spacial score (nSPS) is 10.9. The van der Waals surface area contributed by atoms with Crippen LogP contribution in [0.3, 0.4) is 0 Å². The van der Waals surface area contributed by atoms with E-state index in [9.17, 15) is 8.78 Å². The summed E-state index contributed by atoms with van der Waals surface area (Å²) in [7, 11) is 1.49. The molecule has 0 saturated heterocycles. The minimum atomic E-state index is -2.42. The molecule has 0 bridgehead atoms. The van der Waals surface area contributed by atoms with Crippen molar-refractivity contribution >= 4 is 0 Å². The minimum Gasteiger partial charge on any atom is -0.305 e. The molecule has 78 valence electrons. The summed E-state index contributed by atoms with van der Waals surface area (Å²) in [6.07, 6.45) is -2.42. The van der Waals surface area contributed by atoms with E-state index in [2.05, 4.69) is 10.3 Å². The van der Waals surface area contributed by atoms with Crippen molar-refractivity contribution in [2.75, 3.05) is 7.11 Å². The fourth-order valence-electron chi connectivity index (χ4n) is 1.17. The topological polar surface area (TPSA) is 21.3 Å². The molecule has 0 heterocycles. The number of nitrogens with one attached hydrogen (secondary N) is 1. The number of aryl methyl sites for hydroxylation is 1. The molecule has 0 amide bonds. The van der Waals surface area contributed by atoms with Crippen molar-refractivity contribution in [3.63, 3.8) is 0 Å². The molecule has 14 heavy (non-hydrogen) atoms. The highest BCUT2D eigenvalue weighted by atomic mass is 19.3. The molecule has 1 rings (SSSR count). The number of rotatable bonds is 4. The number of benzene rings is 1. The monoisotopic (exact) mass is 201 g/mol. The fourth-order valence-corrected chi connectivity index (χ4v) is 1.17. The van der Waals surface area contributed by atoms with Crippen LogP contribution in [0.4, 0.5) is 8.78 Å². The van der Waals surface area contributed by atoms with Gasteiger partial charge in [0.1, 0.15) is 0 Å². The summed E-state index contributed by atoms with van der Waals surface area (Å²) in [5.41, 5.74) is 4.47. The highest BCUT2D eigenvalue weighted by molar-refractivity contribution is 5.31. The molecule has 0 aliphatic rings. The van der Waals surface area contributed by atoms with E-state index >= 15 is 0 Å². The Morgan fingerprint density at radius 3 is 2.71 bits per heavy atom. The molecule has 0 saturated carbocycles. The molecule has 0 fully saturated rings. The van der Waals surface area contributed by atoms with Crippen molar-refractivity contribution in [1.82, 2.24) is 5.48 Å². The second-order valence-corrected chi connectivity index (χ2v) is 3.01. The van der Waals surface area contributed by atoms with Gasteiger partial charge in [-0.05, 0) is 24.1 Å². The van der Waals surface area contributed by atoms with Crippen molar-refractivity contribution in [1.29, 1.82) is 0 Å². The maximum absolute atomic E-state index is 12.3. The Hall–Kier alpha value is -1.00. The van der Waals surface area contributed by atoms with Crippen molar-refractivity contribution in [3.8, 4) is 0 Å². The molecule has 0 aliphatic heterocycles. The van der Waals surface area contributed by atoms with E-state index in [-0.39, 0.29) is 5.56 Å². The third-order valence-corrected chi connectivity index (χ3v) is 2.03. The lowest BCUT2D eigenvalue weighted by molar-refractivity contribution is 0.0864. The Labute approximate surface area is 81.8 Å². The lowest BCUT2D eigenvalue weighted by Gasteiger charge is -2.08. The lowest BCUT2D eigenvalue weighted by atomic mass is 10.1. The average molecular weight is 201 g/mol. The minimum absolute atomic E-state index is 0.0449. The van der Waals surface area contributed by atoms with Gasteiger partial charge in [0.05, 0.1) is 7.11 Å². The third-order valence-electron chi connectivity index (χ3n) is 2.03. The summed E-state index contributed by atoms with van der Waals surface area (Å²) < 4.78 is 24.7. The molecule has 0 radical (unpaired) electrons. The predicted molar refractivity (Wildman–Crippen MR) is 50.0 cm³/mol. The van der Waals surface area contributed by atoms with Crippen LogP contribution in [0.15, 0.2) is 18.2 Å². The van der Waals surface area contributed by atoms with Crippen molar-refractivity contribution < 1.29 is 13.6 Å². The van der Waals surface area contributed by atoms with Crippen LogP contribution in [0.5, 0.6) is 0 Å². The lowest BCUT2D eigenvalue weighted by Crippen LogP contribution is -2.12. The van der Waals surface area contributed by atoms with Gasteiger partial charge in [0, 0.05) is 12.1 Å². The number of halogens is 2. The molecule has 1 aromatic rings. The highest BCUT2D eigenvalue weighted by Crippen LogP contribution is 2.21. The molecular weight excluding hydrogens is 188 g/mol. The van der Waals surface area contributed by atoms with Crippen molar-refractivity contribution in [2.24, 2.45) is 0 Å². The Morgan fingerprint density at radius 1 is 1.43 bits per heavy atom. The smallest absolute Gasteiger partial charge is 0.263 e. The van der Waals surface area contributed by atoms with Gasteiger partial charge in [-0.3, -0.25) is 0 Å². The van der Waals surface area contributed by atoms with Crippen LogP contribution in [-0.4, -0.2) is 7.11 Å². The van der Waals surface area contributed by atoms with Gasteiger partial charge in [0.25, 0.3) is 6.43 Å². The van der Waals surface area contributed by atoms with E-state index in [1.807, 2.05) is 6.92 Å². The standard InChI is InChI=1S/C10H13F2NO/c1-7-3-4-8(10(11)12)5-9(7)6-13-14-2/h3-5,10,13H,6H2,1-2H3. The first kappa shape index (κ1) is 11.1. The second kappa shape index (κ2) is 5.02. The molecule has 1 aromatic carbocycles. The Balaban J connectivity index is 2.85. The van der Waals surface area contributed by atoms with Crippen LogP contribution in [0.2, 0.25) is 0 Å². The van der Waals surface area contributed by atoms with Gasteiger partial charge >= 0.3 is 0 Å². The Bertz CT molecular complexity index is 302. The van der Waals surface area contributed by atoms with E-state index in [0.29, 0.717) is 6.54 Å². The molecular formula is C10H13F2NO. The van der Waals surface area contributed by atoms with Gasteiger partial charge in [0.15, 0.2) is 0 Å². The van der Waals surface area contributed by atoms with Gasteiger partial charge in [-0.25, -0.2) is 8.78 Å². The third kappa shape index (κ3) is 2.75. The van der Waals surface area contributed by atoms with Gasteiger partial charge in [-0.15, -0.1) is 0 Å². The van der Waals surface area contributed by atoms with E-state index in [4.69, 9.17) is 0 Å². The van der Waals surface area contributed by atoms with Crippen LogP contribution in [0.25, 0.3) is 0 Å². The largest absolute Gasteiger partial charge is 0.305 e. The molecule has 0 unspecified atom stereocenters. The van der Waals surface area contributed by atoms with Crippen LogP contribution in [-0.2, 0) is 11.4 Å². The SMILES string of the molecule is CONCc1cc(C(F)F)ccc1C. The zero-order valence-electron chi connectivity index (χ0n) is 8.18. The van der Waals surface area contributed by atoms with Crippen LogP contribution in [0.1, 0.15) is 23.1 Å². The summed E-state index contributed by atoms with van der Waals surface area (Å²) in [5.74, 6) is 0. The van der Waals surface area contributed by atoms with E-state index in [1.54, 1.807) is 6.07 Å². The second-order valence-electron chi connectivity index (χ2n) is 3.01. The van der Waals surface area contributed by atoms with Gasteiger partial charge in [-0.1, -0.05) is 12.1 Å². The Morgan fingerprint density at radius 2 is 2.14 bits per heavy atom. The van der Waals surface area contributed by atoms with Crippen LogP contribution in [0, 0.1) is 6.92 Å². The maximum atomic E-state index is 12.3. The van der Waals surface area contributed by atoms with E-state index in [1.165, 1.54) is 19.2 Å². The number of hydrogen-bond donors (Lipinski definition) is 1. The highest BCUT2D eigenvalue weighted by Gasteiger charge is 2.08. The zero-order chi connectivity index (χ0) is 10.6. The quantitative estimate of drug-likeness (QED) is 0.756. The molecule has 0 aromatic heterocycles. The van der Waals surface area contributed by atoms with Crippen molar-refractivity contribution in [3.05, 3.63) is 34.9 Å². The number of alkyl halides is 2. The Kier molecular flexibility index (Phi) is 3.98. The van der Waals surface area contributed by atoms with E-state index < -0.39 is 6.43 Å². The maximum Gasteiger partial charge on any atom is 0.263 e. The molecule has 4 heteroatoms. The summed E-state index contributed by atoms with van der Waals surface area (Å²) in [4.78, 5) is 4.66. The first-order valence-electron chi connectivity index (χ1n) is 4.28. The number of hydrogen-bond acceptors (Lipinski definition) is 2. The van der Waals surface area contributed by atoms with Crippen LogP contribution < -0.4 is 5.48 Å². The average Bonchev–Trinajstić information content (AvgIpc) is 2.16. The molecule has 0 spiro atoms. The summed E-state index contributed by atoms with van der Waals surface area (Å²) >= 11 is 0. The molecule has 0 atom stereocenters. The zero-order valence-corrected chi connectivity index (χ0v) is 8.18. The van der Waals surface area contributed by atoms with Gasteiger partial charge in [0.2, 0.25) is 0 Å². The van der Waals surface area contributed by atoms with E-state index in [0.717, 1.165) is 11.1 Å². The predicted octanol–water partition coefficient (Wildman–Crippen LogP) is 2.58. The molecule has 2 nitrogen and oxygen atoms in total. The fraction of sp³-hybridized carbons (Fsp3) is 0.400. The first-order chi connectivity index (χ1) is 6.65. The van der Waals surface area contributed by atoms with Crippen molar-refractivity contribution in [2.45, 2.75) is 19.9 Å². The number of hydroxylamine groups is 1. The molecule has 0 aliphatic carbocycles. The van der Waals surface area contributed by atoms with Gasteiger partial charge < -0.3 is 4.84 Å².